The van der Waals surface area contributed by atoms with Gasteiger partial charge in [-0.25, -0.2) is 48.3 Å². The Kier molecular flexibility index (Phi) is 23.2. The lowest BCUT2D eigenvalue weighted by atomic mass is 9.73. The van der Waals surface area contributed by atoms with Crippen LogP contribution in [0.2, 0.25) is 0 Å². The number of ether oxygens (including phenoxy) is 4. The fourth-order valence-corrected chi connectivity index (χ4v) is 13.4. The van der Waals surface area contributed by atoms with Gasteiger partial charge in [0.15, 0.2) is 52.4 Å². The molecule has 5 aliphatic rings. The van der Waals surface area contributed by atoms with Crippen LogP contribution in [-0.2, 0) is 20.3 Å². The molecule has 3 saturated heterocycles. The highest BCUT2D eigenvalue weighted by Gasteiger charge is 2.42. The average molecular weight is 1190 g/mol. The summed E-state index contributed by atoms with van der Waals surface area (Å²) in [5, 5.41) is 0. The fraction of sp³-hybridized carbons (Fsp3) is 0.552. The van der Waals surface area contributed by atoms with Gasteiger partial charge in [0.25, 0.3) is 0 Å². The quantitative estimate of drug-likeness (QED) is 0.0773. The van der Waals surface area contributed by atoms with Gasteiger partial charge in [0, 0.05) is 18.7 Å². The Morgan fingerprint density at radius 2 is 0.821 bits per heavy atom. The van der Waals surface area contributed by atoms with Crippen LogP contribution in [0.25, 0.3) is 11.1 Å². The first-order chi connectivity index (χ1) is 40.2. The van der Waals surface area contributed by atoms with E-state index in [4.69, 9.17) is 14.2 Å². The maximum Gasteiger partial charge on any atom is 0.432 e. The molecule has 3 heterocycles. The second kappa shape index (κ2) is 30.0. The smallest absolute Gasteiger partial charge is 0.429 e. The average Bonchev–Trinajstić information content (AvgIpc) is 2.93. The van der Waals surface area contributed by atoms with Crippen LogP contribution in [0.15, 0.2) is 72.8 Å². The van der Waals surface area contributed by atoms with Gasteiger partial charge in [-0.15, -0.1) is 0 Å². The molecule has 0 amide bonds. The van der Waals surface area contributed by atoms with Gasteiger partial charge in [0.2, 0.25) is 0 Å². The number of benzene rings is 5. The molecule has 2 saturated carbocycles. The van der Waals surface area contributed by atoms with Crippen molar-refractivity contribution in [1.29, 1.82) is 0 Å². The molecule has 6 unspecified atom stereocenters. The topological polar surface area (TPSA) is 36.9 Å². The molecule has 0 N–H and O–H groups in total. The van der Waals surface area contributed by atoms with E-state index < -0.39 is 81.4 Å². The molecule has 17 heteroatoms. The van der Waals surface area contributed by atoms with E-state index in [9.17, 15) is 57.1 Å². The minimum Gasteiger partial charge on any atom is -0.429 e. The molecule has 4 nitrogen and oxygen atoms in total. The van der Waals surface area contributed by atoms with Gasteiger partial charge in [0.05, 0.1) is 31.5 Å². The first kappa shape index (κ1) is 64.9. The van der Waals surface area contributed by atoms with E-state index in [1.165, 1.54) is 57.8 Å². The zero-order valence-electron chi connectivity index (χ0n) is 48.0. The van der Waals surface area contributed by atoms with E-state index in [0.717, 1.165) is 119 Å². The first-order valence-electron chi connectivity index (χ1n) is 30.2. The van der Waals surface area contributed by atoms with Crippen LogP contribution in [0.5, 0.6) is 5.75 Å². The second-order valence-corrected chi connectivity index (χ2v) is 23.9. The third-order valence-corrected chi connectivity index (χ3v) is 18.0. The van der Waals surface area contributed by atoms with Crippen LogP contribution >= 0.6 is 0 Å². The summed E-state index contributed by atoms with van der Waals surface area (Å²) in [6, 6.07) is 12.9. The highest BCUT2D eigenvalue weighted by atomic mass is 19.3. The van der Waals surface area contributed by atoms with Crippen molar-refractivity contribution in [2.45, 2.75) is 180 Å². The third kappa shape index (κ3) is 16.7. The molecule has 2 aliphatic carbocycles. The predicted octanol–water partition coefficient (Wildman–Crippen LogP) is 20.6. The van der Waals surface area contributed by atoms with Crippen LogP contribution in [0.4, 0.5) is 57.1 Å². The van der Waals surface area contributed by atoms with Crippen molar-refractivity contribution >= 4 is 0 Å². The van der Waals surface area contributed by atoms with Crippen LogP contribution in [0.3, 0.4) is 0 Å². The lowest BCUT2D eigenvalue weighted by Gasteiger charge is -2.38. The SMILES string of the molecule is CCCC1CCC(C2CCC(c3cc(F)c(F)c(F)c3)CC2)OC1.CCCC1CCC(C2CCC(c3cc(F)c(F)c(F)c3)OC2)CC1.CCCC1CCC(c2ccc(-c3cc(F)c(C(F)(F)Oc4cc(F)c(F)c(F)c4)c(F)c3)cc2)OC1. The molecule has 5 aromatic carbocycles. The number of alkyl halides is 2. The molecule has 5 fully saturated rings. The Bertz CT molecular complexity index is 2710. The summed E-state index contributed by atoms with van der Waals surface area (Å²) in [6.07, 6.45) is 17.7. The van der Waals surface area contributed by atoms with E-state index in [1.54, 1.807) is 24.3 Å². The third-order valence-electron chi connectivity index (χ3n) is 18.0. The van der Waals surface area contributed by atoms with Gasteiger partial charge in [-0.1, -0.05) is 83.6 Å². The van der Waals surface area contributed by atoms with Gasteiger partial charge in [-0.05, 0) is 196 Å². The molecule has 6 atom stereocenters. The lowest BCUT2D eigenvalue weighted by Crippen LogP contribution is -2.34. The van der Waals surface area contributed by atoms with Crippen LogP contribution in [0, 0.1) is 99.5 Å². The summed E-state index contributed by atoms with van der Waals surface area (Å²) in [7, 11) is 0. The van der Waals surface area contributed by atoms with Gasteiger partial charge < -0.3 is 18.9 Å². The maximum absolute atomic E-state index is 14.7. The van der Waals surface area contributed by atoms with E-state index >= 15 is 0 Å². The number of rotatable bonds is 15. The van der Waals surface area contributed by atoms with Crippen LogP contribution in [-0.4, -0.2) is 25.9 Å². The molecule has 460 valence electrons. The summed E-state index contributed by atoms with van der Waals surface area (Å²) in [4.78, 5) is 0. The van der Waals surface area contributed by atoms with Crippen molar-refractivity contribution in [1.82, 2.24) is 0 Å². The molecule has 0 spiro atoms. The lowest BCUT2D eigenvalue weighted by molar-refractivity contribution is -0.189. The highest BCUT2D eigenvalue weighted by molar-refractivity contribution is 5.64. The summed E-state index contributed by atoms with van der Waals surface area (Å²) in [5.74, 6) is -13.0. The molecule has 3 aliphatic heterocycles. The van der Waals surface area contributed by atoms with Gasteiger partial charge in [0.1, 0.15) is 22.9 Å². The Hall–Kier alpha value is -5.13. The fourth-order valence-electron chi connectivity index (χ4n) is 13.4. The van der Waals surface area contributed by atoms with E-state index in [2.05, 4.69) is 25.5 Å². The van der Waals surface area contributed by atoms with Crippen molar-refractivity contribution in [3.8, 4) is 16.9 Å². The predicted molar refractivity (Wildman–Crippen MR) is 295 cm³/mol. The molecule has 0 aromatic heterocycles. The highest BCUT2D eigenvalue weighted by Crippen LogP contribution is 2.44. The minimum atomic E-state index is -4.64. The van der Waals surface area contributed by atoms with Crippen molar-refractivity contribution in [2.75, 3.05) is 19.8 Å². The summed E-state index contributed by atoms with van der Waals surface area (Å²) in [6.45, 7) is 8.80. The standard InChI is InChI=1S/C27H23F7O2.2C20H27F3O/c1-2-3-15-4-9-24(35-14-15)17-7-5-16(6-8-17)18-10-20(28)25(21(29)11-18)27(33,34)36-19-12-22(30)26(32)23(31)13-19;1-2-3-13-4-9-19(24-12-13)15-7-5-14(6-8-15)16-10-17(21)20(23)18(22)11-16;1-2-3-13-4-6-14(7-5-13)15-8-9-19(24-12-15)16-10-17(21)20(23)18(22)11-16/h5-8,10-13,15,24H,2-4,9,14H2,1H3;2*10-11,13-15,19H,2-9,12H2,1H3. The second-order valence-electron chi connectivity index (χ2n) is 23.9. The first-order valence-corrected chi connectivity index (χ1v) is 30.2. The Balaban J connectivity index is 0.000000170. The molecule has 0 bridgehead atoms. The van der Waals surface area contributed by atoms with E-state index in [0.29, 0.717) is 71.8 Å². The molecule has 10 rings (SSSR count). The molecule has 84 heavy (non-hydrogen) atoms. The largest absolute Gasteiger partial charge is 0.432 e. The van der Waals surface area contributed by atoms with E-state index in [-0.39, 0.29) is 35.8 Å². The maximum atomic E-state index is 14.7. The van der Waals surface area contributed by atoms with E-state index in [1.807, 2.05) is 0 Å². The Labute approximate surface area is 485 Å². The number of hydrogen-bond donors (Lipinski definition) is 0. The van der Waals surface area contributed by atoms with Gasteiger partial charge >= 0.3 is 6.11 Å². The Morgan fingerprint density at radius 3 is 1.30 bits per heavy atom. The Morgan fingerprint density at radius 1 is 0.393 bits per heavy atom. The molecule has 5 aromatic rings. The minimum absolute atomic E-state index is 0.00236. The van der Waals surface area contributed by atoms with Crippen molar-refractivity contribution in [3.63, 3.8) is 0 Å². The normalized spacial score (nSPS) is 25.7. The molecular formula is C67H77F13O4. The zero-order valence-corrected chi connectivity index (χ0v) is 48.0. The molecule has 0 radical (unpaired) electrons. The monoisotopic (exact) mass is 1190 g/mol. The summed E-state index contributed by atoms with van der Waals surface area (Å²) in [5.41, 5.74) is 0.557. The van der Waals surface area contributed by atoms with Crippen molar-refractivity contribution < 1.29 is 76.0 Å². The summed E-state index contributed by atoms with van der Waals surface area (Å²) >= 11 is 0. The summed E-state index contributed by atoms with van der Waals surface area (Å²) < 4.78 is 200. The zero-order chi connectivity index (χ0) is 60.2. The van der Waals surface area contributed by atoms with Gasteiger partial charge in [-0.2, -0.15) is 8.78 Å². The molecular weight excluding hydrogens is 1120 g/mol. The van der Waals surface area contributed by atoms with Crippen molar-refractivity contribution in [3.05, 3.63) is 159 Å². The van der Waals surface area contributed by atoms with Crippen molar-refractivity contribution in [2.24, 2.45) is 35.5 Å². The van der Waals surface area contributed by atoms with Crippen LogP contribution in [0.1, 0.15) is 190 Å². The van der Waals surface area contributed by atoms with Crippen LogP contribution < -0.4 is 4.74 Å². The van der Waals surface area contributed by atoms with Gasteiger partial charge in [-0.3, -0.25) is 0 Å². The number of hydrogen-bond acceptors (Lipinski definition) is 4. The number of halogens is 13.